The summed E-state index contributed by atoms with van der Waals surface area (Å²) in [5.74, 6) is 0. The molecule has 0 aliphatic carbocycles. The minimum Gasteiger partial charge on any atom is -0.394 e. The number of aliphatic hydroxyl groups is 6. The molecule has 0 saturated heterocycles. The Morgan fingerprint density at radius 1 is 0.750 bits per heavy atom. The highest BCUT2D eigenvalue weighted by atomic mass is 16.4. The maximum Gasteiger partial charge on any atom is 0.151 e. The summed E-state index contributed by atoms with van der Waals surface area (Å²) in [5.41, 5.74) is 0. The molecule has 0 heterocycles. The minimum absolute atomic E-state index is 0.168. The van der Waals surface area contributed by atoms with Crippen molar-refractivity contribution in [1.82, 2.24) is 0 Å². The first-order valence-corrected chi connectivity index (χ1v) is 4.29. The molecule has 0 aromatic carbocycles. The monoisotopic (exact) mass is 240 g/mol. The molecule has 96 valence electrons. The van der Waals surface area contributed by atoms with Crippen molar-refractivity contribution in [3.05, 3.63) is 0 Å². The number of aldehydes is 2. The highest BCUT2D eigenvalue weighted by Crippen LogP contribution is 1.86. The first kappa shape index (κ1) is 17.5. The van der Waals surface area contributed by atoms with Gasteiger partial charge in [-0.1, -0.05) is 0 Å². The fraction of sp³-hybridized carbons (Fsp3) is 0.750. The van der Waals surface area contributed by atoms with Crippen LogP contribution in [0, 0.1) is 0 Å². The Bertz CT molecular complexity index is 165. The molecule has 0 spiro atoms. The van der Waals surface area contributed by atoms with E-state index >= 15 is 0 Å². The summed E-state index contributed by atoms with van der Waals surface area (Å²) in [6, 6.07) is 0. The molecule has 8 heteroatoms. The number of rotatable bonds is 6. The first-order valence-electron chi connectivity index (χ1n) is 4.29. The smallest absolute Gasteiger partial charge is 0.151 e. The highest BCUT2D eigenvalue weighted by molar-refractivity contribution is 5.56. The Morgan fingerprint density at radius 3 is 1.06 bits per heavy atom. The second-order valence-electron chi connectivity index (χ2n) is 2.75. The van der Waals surface area contributed by atoms with Gasteiger partial charge in [0.2, 0.25) is 0 Å². The lowest BCUT2D eigenvalue weighted by Crippen LogP contribution is -2.30. The van der Waals surface area contributed by atoms with E-state index in [4.69, 9.17) is 30.6 Å². The van der Waals surface area contributed by atoms with Gasteiger partial charge in [-0.15, -0.1) is 0 Å². The second-order valence-corrected chi connectivity index (χ2v) is 2.75. The van der Waals surface area contributed by atoms with Gasteiger partial charge in [0.1, 0.15) is 24.4 Å². The van der Waals surface area contributed by atoms with E-state index in [0.717, 1.165) is 0 Å². The van der Waals surface area contributed by atoms with Crippen LogP contribution < -0.4 is 0 Å². The van der Waals surface area contributed by atoms with Crippen LogP contribution in [-0.2, 0) is 9.59 Å². The molecule has 0 aliphatic rings. The SMILES string of the molecule is O=C[C@H](O)[C@H](O)CO.O=C[C@H](O)[C@H](O)CO. The largest absolute Gasteiger partial charge is 0.394 e. The van der Waals surface area contributed by atoms with E-state index in [2.05, 4.69) is 0 Å². The second kappa shape index (κ2) is 10.6. The predicted molar refractivity (Wildman–Crippen MR) is 50.3 cm³/mol. The van der Waals surface area contributed by atoms with Crippen molar-refractivity contribution in [2.24, 2.45) is 0 Å². The van der Waals surface area contributed by atoms with Crippen molar-refractivity contribution in [1.29, 1.82) is 0 Å². The molecule has 0 bridgehead atoms. The van der Waals surface area contributed by atoms with Gasteiger partial charge in [0.05, 0.1) is 13.2 Å². The van der Waals surface area contributed by atoms with Crippen LogP contribution in [0.2, 0.25) is 0 Å². The molecule has 0 aliphatic heterocycles. The molecule has 8 nitrogen and oxygen atoms in total. The maximum absolute atomic E-state index is 9.58. The van der Waals surface area contributed by atoms with Crippen molar-refractivity contribution >= 4 is 12.6 Å². The van der Waals surface area contributed by atoms with Gasteiger partial charge in [0.15, 0.2) is 12.6 Å². The first-order chi connectivity index (χ1) is 7.44. The fourth-order valence-corrected chi connectivity index (χ4v) is 0.397. The molecule has 0 fully saturated rings. The molecular weight excluding hydrogens is 224 g/mol. The van der Waals surface area contributed by atoms with Crippen LogP contribution in [-0.4, -0.2) is 80.8 Å². The van der Waals surface area contributed by atoms with Crippen LogP contribution >= 0.6 is 0 Å². The number of hydrogen-bond acceptors (Lipinski definition) is 8. The zero-order valence-electron chi connectivity index (χ0n) is 8.38. The minimum atomic E-state index is -1.46. The van der Waals surface area contributed by atoms with Crippen molar-refractivity contribution in [3.63, 3.8) is 0 Å². The van der Waals surface area contributed by atoms with E-state index in [9.17, 15) is 9.59 Å². The van der Waals surface area contributed by atoms with Crippen LogP contribution in [0.5, 0.6) is 0 Å². The number of carbonyl (C=O) groups excluding carboxylic acids is 2. The molecular formula is C8H16O8. The molecule has 0 unspecified atom stereocenters. The van der Waals surface area contributed by atoms with Gasteiger partial charge in [-0.05, 0) is 0 Å². The summed E-state index contributed by atoms with van der Waals surface area (Å²) >= 11 is 0. The quantitative estimate of drug-likeness (QED) is 0.255. The molecule has 16 heavy (non-hydrogen) atoms. The van der Waals surface area contributed by atoms with Crippen LogP contribution in [0.25, 0.3) is 0 Å². The number of aliphatic hydroxyl groups excluding tert-OH is 6. The number of hydrogen-bond donors (Lipinski definition) is 6. The summed E-state index contributed by atoms with van der Waals surface area (Å²) in [6.07, 6.45) is -5.26. The lowest BCUT2D eigenvalue weighted by atomic mass is 10.2. The Hall–Kier alpha value is -0.900. The van der Waals surface area contributed by atoms with E-state index in [1.807, 2.05) is 0 Å². The zero-order chi connectivity index (χ0) is 13.1. The Balaban J connectivity index is 0. The summed E-state index contributed by atoms with van der Waals surface area (Å²) < 4.78 is 0. The third-order valence-corrected chi connectivity index (χ3v) is 1.44. The molecule has 0 saturated carbocycles. The average molecular weight is 240 g/mol. The van der Waals surface area contributed by atoms with Crippen molar-refractivity contribution in [2.45, 2.75) is 24.4 Å². The maximum atomic E-state index is 9.58. The zero-order valence-corrected chi connectivity index (χ0v) is 8.38. The molecule has 0 radical (unpaired) electrons. The van der Waals surface area contributed by atoms with Gasteiger partial charge >= 0.3 is 0 Å². The summed E-state index contributed by atoms with van der Waals surface area (Å²) in [6.45, 7) is -1.19. The van der Waals surface area contributed by atoms with Gasteiger partial charge in [0.25, 0.3) is 0 Å². The summed E-state index contributed by atoms with van der Waals surface area (Å²) in [5, 5.41) is 49.6. The Morgan fingerprint density at radius 2 is 1.00 bits per heavy atom. The molecule has 6 N–H and O–H groups in total. The van der Waals surface area contributed by atoms with Gasteiger partial charge < -0.3 is 40.2 Å². The van der Waals surface area contributed by atoms with Crippen molar-refractivity contribution in [2.75, 3.05) is 13.2 Å². The standard InChI is InChI=1S/2C4H8O4/c2*5-1-3(7)4(8)2-6/h2*1,3-4,6-8H,2H2/t2*3-,4+/m00/s1. The van der Waals surface area contributed by atoms with Crippen LogP contribution in [0.3, 0.4) is 0 Å². The Labute approximate surface area is 91.4 Å². The van der Waals surface area contributed by atoms with E-state index in [0.29, 0.717) is 0 Å². The van der Waals surface area contributed by atoms with Crippen molar-refractivity contribution in [3.8, 4) is 0 Å². The van der Waals surface area contributed by atoms with E-state index in [-0.39, 0.29) is 12.6 Å². The molecule has 0 rings (SSSR count). The third kappa shape index (κ3) is 8.41. The predicted octanol–water partition coefficient (Wildman–Crippen LogP) is -4.20. The van der Waals surface area contributed by atoms with Gasteiger partial charge in [0, 0.05) is 0 Å². The lowest BCUT2D eigenvalue weighted by molar-refractivity contribution is -0.122. The average Bonchev–Trinajstić information content (AvgIpc) is 2.35. The van der Waals surface area contributed by atoms with Crippen molar-refractivity contribution < 1.29 is 40.2 Å². The van der Waals surface area contributed by atoms with Gasteiger partial charge in [-0.3, -0.25) is 0 Å². The van der Waals surface area contributed by atoms with E-state index in [1.54, 1.807) is 0 Å². The molecule has 0 aromatic rings. The molecule has 4 atom stereocenters. The van der Waals surface area contributed by atoms with Crippen LogP contribution in [0.4, 0.5) is 0 Å². The van der Waals surface area contributed by atoms with Crippen LogP contribution in [0.1, 0.15) is 0 Å². The number of carbonyl (C=O) groups is 2. The summed E-state index contributed by atoms with van der Waals surface area (Å²) in [7, 11) is 0. The topological polar surface area (TPSA) is 156 Å². The van der Waals surface area contributed by atoms with E-state index in [1.165, 1.54) is 0 Å². The van der Waals surface area contributed by atoms with Gasteiger partial charge in [-0.25, -0.2) is 0 Å². The Kier molecular flexibility index (Phi) is 11.6. The molecule has 0 amide bonds. The highest BCUT2D eigenvalue weighted by Gasteiger charge is 2.12. The summed E-state index contributed by atoms with van der Waals surface area (Å²) in [4.78, 5) is 19.2. The normalized spacial score (nSPS) is 17.4. The van der Waals surface area contributed by atoms with E-state index < -0.39 is 37.6 Å². The van der Waals surface area contributed by atoms with Gasteiger partial charge in [-0.2, -0.15) is 0 Å². The molecule has 0 aromatic heterocycles. The third-order valence-electron chi connectivity index (χ3n) is 1.44. The lowest BCUT2D eigenvalue weighted by Gasteiger charge is -2.06. The van der Waals surface area contributed by atoms with Crippen LogP contribution in [0.15, 0.2) is 0 Å². The fourth-order valence-electron chi connectivity index (χ4n) is 0.397.